The predicted molar refractivity (Wildman–Crippen MR) is 126 cm³/mol. The van der Waals surface area contributed by atoms with Crippen molar-refractivity contribution in [1.29, 1.82) is 0 Å². The van der Waals surface area contributed by atoms with Crippen molar-refractivity contribution in [3.05, 3.63) is 59.7 Å². The number of hydrogen-bond donors (Lipinski definition) is 0. The van der Waals surface area contributed by atoms with Gasteiger partial charge in [-0.25, -0.2) is 0 Å². The van der Waals surface area contributed by atoms with Crippen LogP contribution in [-0.4, -0.2) is 0 Å². The first-order chi connectivity index (χ1) is 13.4. The van der Waals surface area contributed by atoms with E-state index in [1.165, 1.54) is 69.1 Å². The van der Waals surface area contributed by atoms with Crippen LogP contribution in [0.25, 0.3) is 32.3 Å². The molecule has 0 spiro atoms. The molecule has 0 saturated heterocycles. The second kappa shape index (κ2) is 6.76. The lowest BCUT2D eigenvalue weighted by Crippen LogP contribution is -2.19. The Balaban J connectivity index is 2.03. The lowest BCUT2D eigenvalue weighted by molar-refractivity contribution is 0.439. The summed E-state index contributed by atoms with van der Waals surface area (Å²) < 4.78 is 0. The maximum absolute atomic E-state index is 2.45. The van der Waals surface area contributed by atoms with Crippen molar-refractivity contribution in [2.75, 3.05) is 0 Å². The number of benzene rings is 4. The highest BCUT2D eigenvalue weighted by Crippen LogP contribution is 2.42. The Morgan fingerprint density at radius 1 is 0.500 bits per heavy atom. The molecule has 0 heteroatoms. The van der Waals surface area contributed by atoms with Gasteiger partial charge in [-0.05, 0) is 80.0 Å². The molecule has 0 amide bonds. The molecule has 4 rings (SSSR count). The third-order valence-electron chi connectivity index (χ3n) is 8.05. The monoisotopic (exact) mass is 370 g/mol. The minimum absolute atomic E-state index is 0.252. The molecule has 0 aromatic heterocycles. The predicted octanol–water partition coefficient (Wildman–Crippen LogP) is 8.74. The van der Waals surface area contributed by atoms with E-state index in [1.807, 2.05) is 0 Å². The molecule has 146 valence electrons. The van der Waals surface area contributed by atoms with Gasteiger partial charge in [0.2, 0.25) is 0 Å². The molecule has 0 N–H and O–H groups in total. The Morgan fingerprint density at radius 2 is 0.750 bits per heavy atom. The van der Waals surface area contributed by atoms with Crippen LogP contribution >= 0.6 is 0 Å². The zero-order valence-corrected chi connectivity index (χ0v) is 18.4. The molecule has 28 heavy (non-hydrogen) atoms. The molecule has 0 atom stereocenters. The van der Waals surface area contributed by atoms with Crippen LogP contribution in [0.4, 0.5) is 0 Å². The van der Waals surface area contributed by atoms with Crippen molar-refractivity contribution in [3.8, 4) is 0 Å². The van der Waals surface area contributed by atoms with Crippen LogP contribution in [0.5, 0.6) is 0 Å². The van der Waals surface area contributed by atoms with Crippen LogP contribution in [0.1, 0.15) is 78.4 Å². The minimum atomic E-state index is 0.252. The third-order valence-corrected chi connectivity index (χ3v) is 8.05. The van der Waals surface area contributed by atoms with Crippen molar-refractivity contribution in [3.63, 3.8) is 0 Å². The first-order valence-electron chi connectivity index (χ1n) is 11.1. The van der Waals surface area contributed by atoms with Gasteiger partial charge in [0, 0.05) is 0 Å². The zero-order chi connectivity index (χ0) is 20.1. The SMILES string of the molecule is CCC(C)(CC)c1cc2ccc3cc(C(C)(CC)CC)cc4ccc(c1)c2c34. The second-order valence-corrected chi connectivity index (χ2v) is 9.26. The maximum Gasteiger partial charge on any atom is -0.00266 e. The van der Waals surface area contributed by atoms with E-state index in [4.69, 9.17) is 0 Å². The van der Waals surface area contributed by atoms with Gasteiger partial charge in [0.1, 0.15) is 0 Å². The van der Waals surface area contributed by atoms with Crippen LogP contribution in [-0.2, 0) is 10.8 Å². The summed E-state index contributed by atoms with van der Waals surface area (Å²) in [6, 6.07) is 19.2. The summed E-state index contributed by atoms with van der Waals surface area (Å²) in [7, 11) is 0. The molecule has 0 fully saturated rings. The summed E-state index contributed by atoms with van der Waals surface area (Å²) in [5, 5.41) is 8.44. The van der Waals surface area contributed by atoms with Gasteiger partial charge in [-0.2, -0.15) is 0 Å². The highest BCUT2D eigenvalue weighted by atomic mass is 14.3. The molecule has 0 bridgehead atoms. The van der Waals surface area contributed by atoms with E-state index in [0.717, 1.165) is 0 Å². The fourth-order valence-electron chi connectivity index (χ4n) is 4.85. The Kier molecular flexibility index (Phi) is 4.65. The Bertz CT molecular complexity index is 965. The van der Waals surface area contributed by atoms with Crippen molar-refractivity contribution in [2.45, 2.75) is 78.1 Å². The van der Waals surface area contributed by atoms with E-state index < -0.39 is 0 Å². The van der Waals surface area contributed by atoms with E-state index in [1.54, 1.807) is 0 Å². The van der Waals surface area contributed by atoms with E-state index in [-0.39, 0.29) is 10.8 Å². The molecule has 0 aliphatic rings. The van der Waals surface area contributed by atoms with Gasteiger partial charge >= 0.3 is 0 Å². The van der Waals surface area contributed by atoms with Gasteiger partial charge in [-0.3, -0.25) is 0 Å². The normalized spacial score (nSPS) is 13.2. The second-order valence-electron chi connectivity index (χ2n) is 9.26. The van der Waals surface area contributed by atoms with Crippen LogP contribution < -0.4 is 0 Å². The molecular formula is C28H34. The highest BCUT2D eigenvalue weighted by Gasteiger charge is 2.25. The molecule has 0 saturated carbocycles. The van der Waals surface area contributed by atoms with E-state index in [9.17, 15) is 0 Å². The average molecular weight is 371 g/mol. The first kappa shape index (κ1) is 19.2. The summed E-state index contributed by atoms with van der Waals surface area (Å²) in [6.07, 6.45) is 4.69. The van der Waals surface area contributed by atoms with E-state index in [2.05, 4.69) is 90.1 Å². The van der Waals surface area contributed by atoms with Gasteiger partial charge < -0.3 is 0 Å². The van der Waals surface area contributed by atoms with Crippen molar-refractivity contribution in [2.24, 2.45) is 0 Å². The molecule has 0 radical (unpaired) electrons. The maximum atomic E-state index is 2.45. The lowest BCUT2D eigenvalue weighted by Gasteiger charge is -2.29. The summed E-state index contributed by atoms with van der Waals surface area (Å²) in [5.41, 5.74) is 3.46. The van der Waals surface area contributed by atoms with Crippen molar-refractivity contribution >= 4 is 32.3 Å². The van der Waals surface area contributed by atoms with Crippen LogP contribution in [0, 0.1) is 0 Å². The number of hydrogen-bond acceptors (Lipinski definition) is 0. The molecule has 0 aliphatic carbocycles. The van der Waals surface area contributed by atoms with E-state index in [0.29, 0.717) is 0 Å². The first-order valence-corrected chi connectivity index (χ1v) is 11.1. The number of rotatable bonds is 6. The fourth-order valence-corrected chi connectivity index (χ4v) is 4.85. The largest absolute Gasteiger partial charge is 0.0645 e. The molecule has 0 unspecified atom stereocenters. The minimum Gasteiger partial charge on any atom is -0.0645 e. The van der Waals surface area contributed by atoms with Crippen LogP contribution in [0.2, 0.25) is 0 Å². The fraction of sp³-hybridized carbons (Fsp3) is 0.429. The lowest BCUT2D eigenvalue weighted by atomic mass is 9.75. The van der Waals surface area contributed by atoms with Crippen LogP contribution in [0.3, 0.4) is 0 Å². The van der Waals surface area contributed by atoms with Crippen molar-refractivity contribution < 1.29 is 0 Å². The van der Waals surface area contributed by atoms with Crippen molar-refractivity contribution in [1.82, 2.24) is 0 Å². The van der Waals surface area contributed by atoms with Gasteiger partial charge in [0.25, 0.3) is 0 Å². The molecule has 0 aliphatic heterocycles. The molecule has 4 aromatic rings. The third kappa shape index (κ3) is 2.72. The Labute approximate surface area is 170 Å². The zero-order valence-electron chi connectivity index (χ0n) is 18.4. The smallest absolute Gasteiger partial charge is 0.00266 e. The van der Waals surface area contributed by atoms with E-state index >= 15 is 0 Å². The summed E-state index contributed by atoms with van der Waals surface area (Å²) in [6.45, 7) is 14.1. The highest BCUT2D eigenvalue weighted by molar-refractivity contribution is 6.23. The standard InChI is InChI=1S/C28H34/c1-7-27(5,8-2)23-15-19-11-13-21-17-24(28(6,9-3)10-4)18-22-14-12-20(16-23)25(19)26(21)22/h11-18H,7-10H2,1-6H3. The van der Waals surface area contributed by atoms with Gasteiger partial charge in [-0.1, -0.05) is 90.1 Å². The molecule has 0 heterocycles. The quantitative estimate of drug-likeness (QED) is 0.298. The topological polar surface area (TPSA) is 0 Å². The summed E-state index contributed by atoms with van der Waals surface area (Å²) >= 11 is 0. The summed E-state index contributed by atoms with van der Waals surface area (Å²) in [4.78, 5) is 0. The average Bonchev–Trinajstić information content (AvgIpc) is 2.75. The van der Waals surface area contributed by atoms with Gasteiger partial charge in [0.15, 0.2) is 0 Å². The Hall–Kier alpha value is -2.08. The van der Waals surface area contributed by atoms with Crippen LogP contribution in [0.15, 0.2) is 48.5 Å². The molecule has 0 nitrogen and oxygen atoms in total. The summed E-state index contributed by atoms with van der Waals surface area (Å²) in [5.74, 6) is 0. The molecular weight excluding hydrogens is 336 g/mol. The molecule has 4 aromatic carbocycles. The Morgan fingerprint density at radius 3 is 0.964 bits per heavy atom. The van der Waals surface area contributed by atoms with Gasteiger partial charge in [-0.15, -0.1) is 0 Å². The van der Waals surface area contributed by atoms with Gasteiger partial charge in [0.05, 0.1) is 0 Å².